The van der Waals surface area contributed by atoms with E-state index in [1.54, 1.807) is 13.8 Å². The molecular weight excluding hydrogens is 404 g/mol. The van der Waals surface area contributed by atoms with Crippen molar-refractivity contribution in [3.05, 3.63) is 0 Å². The predicted molar refractivity (Wildman–Crippen MR) is 102 cm³/mol. The van der Waals surface area contributed by atoms with Crippen molar-refractivity contribution in [1.29, 1.82) is 0 Å². The van der Waals surface area contributed by atoms with Gasteiger partial charge in [0.15, 0.2) is 11.2 Å². The Morgan fingerprint density at radius 3 is 2.59 bits per heavy atom. The monoisotopic (exact) mass is 430 g/mol. The second kappa shape index (κ2) is 10.5. The quantitative estimate of drug-likeness (QED) is 0.396. The first-order valence-electron chi connectivity index (χ1n) is 9.40. The Morgan fingerprint density at radius 2 is 1.90 bits per heavy atom. The summed E-state index contributed by atoms with van der Waals surface area (Å²) in [7, 11) is 0. The zero-order chi connectivity index (χ0) is 21.4. The number of cyclic esters (lactones) is 3. The van der Waals surface area contributed by atoms with Gasteiger partial charge in [-0.1, -0.05) is 25.6 Å². The SMILES string of the molecule is CC1(C)COC(=O)O[C@H]1C(=O)NCCC(=O)NCCSC(=O)CC1CCC(=O)O1. The average Bonchev–Trinajstić information content (AvgIpc) is 3.05. The molecule has 2 heterocycles. The van der Waals surface area contributed by atoms with E-state index >= 15 is 0 Å². The van der Waals surface area contributed by atoms with Crippen LogP contribution < -0.4 is 10.6 Å². The minimum Gasteiger partial charge on any atom is -0.462 e. The molecule has 0 radical (unpaired) electrons. The van der Waals surface area contributed by atoms with Crippen LogP contribution in [-0.2, 0) is 33.4 Å². The maximum Gasteiger partial charge on any atom is 0.509 e. The summed E-state index contributed by atoms with van der Waals surface area (Å²) in [5.41, 5.74) is -0.666. The topological polar surface area (TPSA) is 137 Å². The van der Waals surface area contributed by atoms with Crippen LogP contribution in [0.15, 0.2) is 0 Å². The lowest BCUT2D eigenvalue weighted by atomic mass is 9.86. The third-order valence-electron chi connectivity index (χ3n) is 4.43. The summed E-state index contributed by atoms with van der Waals surface area (Å²) in [6, 6.07) is 0. The van der Waals surface area contributed by atoms with Gasteiger partial charge >= 0.3 is 12.1 Å². The van der Waals surface area contributed by atoms with Crippen LogP contribution in [0.5, 0.6) is 0 Å². The number of carbonyl (C=O) groups is 5. The number of hydrogen-bond acceptors (Lipinski definition) is 9. The highest BCUT2D eigenvalue weighted by atomic mass is 32.2. The first kappa shape index (κ1) is 23.0. The van der Waals surface area contributed by atoms with Gasteiger partial charge in [-0.05, 0) is 6.42 Å². The van der Waals surface area contributed by atoms with Gasteiger partial charge in [0.1, 0.15) is 12.7 Å². The number of thioether (sulfide) groups is 1. The molecule has 2 N–H and O–H groups in total. The van der Waals surface area contributed by atoms with E-state index in [1.165, 1.54) is 0 Å². The molecule has 29 heavy (non-hydrogen) atoms. The van der Waals surface area contributed by atoms with Crippen molar-refractivity contribution in [1.82, 2.24) is 10.6 Å². The van der Waals surface area contributed by atoms with Gasteiger partial charge in [-0.2, -0.15) is 0 Å². The van der Waals surface area contributed by atoms with Gasteiger partial charge in [-0.25, -0.2) is 4.79 Å². The maximum atomic E-state index is 12.2. The summed E-state index contributed by atoms with van der Waals surface area (Å²) in [6.45, 7) is 3.95. The minimum atomic E-state index is -0.978. The number of ether oxygens (including phenoxy) is 3. The fourth-order valence-electron chi connectivity index (χ4n) is 2.83. The highest BCUT2D eigenvalue weighted by Gasteiger charge is 2.43. The second-order valence-electron chi connectivity index (χ2n) is 7.49. The number of rotatable bonds is 9. The number of esters is 1. The van der Waals surface area contributed by atoms with Crippen LogP contribution in [0.3, 0.4) is 0 Å². The van der Waals surface area contributed by atoms with E-state index < -0.39 is 23.6 Å². The Labute approximate surface area is 172 Å². The molecule has 2 saturated heterocycles. The standard InChI is InChI=1S/C18H26N2O8S/c1-18(2)10-26-17(25)28-15(18)16(24)20-6-5-12(21)19-7-8-29-14(23)9-11-3-4-13(22)27-11/h11,15H,3-10H2,1-2H3,(H,19,21)(H,20,24)/t11?,15-/m0/s1. The van der Waals surface area contributed by atoms with Crippen molar-refractivity contribution in [2.24, 2.45) is 5.41 Å². The lowest BCUT2D eigenvalue weighted by molar-refractivity contribution is -0.149. The van der Waals surface area contributed by atoms with E-state index in [4.69, 9.17) is 14.2 Å². The molecule has 0 aromatic heterocycles. The Hall–Kier alpha value is -2.30. The molecular formula is C18H26N2O8S. The van der Waals surface area contributed by atoms with Crippen LogP contribution in [0.1, 0.15) is 39.5 Å². The number of hydrogen-bond donors (Lipinski definition) is 2. The number of amides is 2. The predicted octanol–water partition coefficient (Wildman–Crippen LogP) is 0.526. The first-order valence-corrected chi connectivity index (χ1v) is 10.4. The highest BCUT2D eigenvalue weighted by molar-refractivity contribution is 8.13. The van der Waals surface area contributed by atoms with E-state index in [0.717, 1.165) is 11.8 Å². The molecule has 0 bridgehead atoms. The van der Waals surface area contributed by atoms with E-state index in [1.807, 2.05) is 0 Å². The van der Waals surface area contributed by atoms with Gasteiger partial charge in [-0.15, -0.1) is 0 Å². The van der Waals surface area contributed by atoms with Crippen LogP contribution in [0.25, 0.3) is 0 Å². The molecule has 0 saturated carbocycles. The van der Waals surface area contributed by atoms with Crippen molar-refractivity contribution in [3.63, 3.8) is 0 Å². The summed E-state index contributed by atoms with van der Waals surface area (Å²) in [5, 5.41) is 5.16. The zero-order valence-electron chi connectivity index (χ0n) is 16.5. The minimum absolute atomic E-state index is 0.0555. The van der Waals surface area contributed by atoms with Gasteiger partial charge in [0.25, 0.3) is 5.91 Å². The molecule has 2 atom stereocenters. The van der Waals surface area contributed by atoms with E-state index in [0.29, 0.717) is 25.1 Å². The number of nitrogens with one attached hydrogen (secondary N) is 2. The van der Waals surface area contributed by atoms with E-state index in [9.17, 15) is 24.0 Å². The third kappa shape index (κ3) is 7.56. The second-order valence-corrected chi connectivity index (χ2v) is 8.64. The first-order chi connectivity index (χ1) is 13.7. The summed E-state index contributed by atoms with van der Waals surface area (Å²) in [6.07, 6.45) is -1.04. The molecule has 2 rings (SSSR count). The lowest BCUT2D eigenvalue weighted by Gasteiger charge is -2.35. The Kier molecular flexibility index (Phi) is 8.30. The van der Waals surface area contributed by atoms with Crippen LogP contribution in [0.2, 0.25) is 0 Å². The van der Waals surface area contributed by atoms with Gasteiger partial charge in [0.05, 0.1) is 6.42 Å². The Bertz CT molecular complexity index is 666. The Morgan fingerprint density at radius 1 is 1.14 bits per heavy atom. The third-order valence-corrected chi connectivity index (χ3v) is 5.32. The smallest absolute Gasteiger partial charge is 0.462 e. The molecule has 11 heteroatoms. The molecule has 162 valence electrons. The fourth-order valence-corrected chi connectivity index (χ4v) is 3.56. The molecule has 0 aromatic carbocycles. The zero-order valence-corrected chi connectivity index (χ0v) is 17.3. The van der Waals surface area contributed by atoms with Crippen LogP contribution in [-0.4, -0.2) is 66.7 Å². The molecule has 2 aliphatic heterocycles. The van der Waals surface area contributed by atoms with Gasteiger partial charge in [0, 0.05) is 37.1 Å². The molecule has 2 aliphatic rings. The van der Waals surface area contributed by atoms with Crippen molar-refractivity contribution >= 4 is 40.8 Å². The van der Waals surface area contributed by atoms with Crippen molar-refractivity contribution < 1.29 is 38.2 Å². The molecule has 0 aromatic rings. The van der Waals surface area contributed by atoms with Crippen LogP contribution >= 0.6 is 11.8 Å². The number of carbonyl (C=O) groups excluding carboxylic acids is 5. The van der Waals surface area contributed by atoms with Gasteiger partial charge in [-0.3, -0.25) is 19.2 Å². The summed E-state index contributed by atoms with van der Waals surface area (Å²) in [4.78, 5) is 58.0. The van der Waals surface area contributed by atoms with Gasteiger partial charge < -0.3 is 24.8 Å². The fraction of sp³-hybridized carbons (Fsp3) is 0.722. The van der Waals surface area contributed by atoms with Crippen molar-refractivity contribution in [3.8, 4) is 0 Å². The largest absolute Gasteiger partial charge is 0.509 e. The molecule has 1 unspecified atom stereocenters. The van der Waals surface area contributed by atoms with Crippen molar-refractivity contribution in [2.75, 3.05) is 25.4 Å². The molecule has 2 amide bonds. The van der Waals surface area contributed by atoms with Gasteiger partial charge in [0.2, 0.25) is 5.91 Å². The van der Waals surface area contributed by atoms with Crippen LogP contribution in [0, 0.1) is 5.41 Å². The van der Waals surface area contributed by atoms with E-state index in [-0.39, 0.29) is 49.1 Å². The lowest BCUT2D eigenvalue weighted by Crippen LogP contribution is -2.52. The molecule has 2 fully saturated rings. The summed E-state index contributed by atoms with van der Waals surface area (Å²) >= 11 is 1.08. The van der Waals surface area contributed by atoms with Crippen molar-refractivity contribution in [2.45, 2.75) is 51.7 Å². The molecule has 10 nitrogen and oxygen atoms in total. The maximum absolute atomic E-state index is 12.2. The molecule has 0 aliphatic carbocycles. The van der Waals surface area contributed by atoms with Crippen LogP contribution in [0.4, 0.5) is 4.79 Å². The van der Waals surface area contributed by atoms with E-state index in [2.05, 4.69) is 10.6 Å². The highest BCUT2D eigenvalue weighted by Crippen LogP contribution is 2.28. The summed E-state index contributed by atoms with van der Waals surface area (Å²) in [5.74, 6) is -0.616. The normalized spacial score (nSPS) is 22.8. The Balaban J connectivity index is 1.55. The molecule has 0 spiro atoms. The average molecular weight is 430 g/mol. The summed E-state index contributed by atoms with van der Waals surface area (Å²) < 4.78 is 14.7.